The zero-order valence-electron chi connectivity index (χ0n) is 10.9. The standard InChI is InChI=1S/C15H14FNO2S/c1-17(9-11-6-7-20-10-11)14-4-3-13(16)8-12(14)2-5-15(18)19/h2-8,10H,9H2,1H3,(H,18,19)/b5-2+. The Labute approximate surface area is 120 Å². The second kappa shape index (κ2) is 6.34. The van der Waals surface area contributed by atoms with Gasteiger partial charge in [-0.15, -0.1) is 0 Å². The van der Waals surface area contributed by atoms with Crippen molar-refractivity contribution in [3.63, 3.8) is 0 Å². The lowest BCUT2D eigenvalue weighted by atomic mass is 10.1. The summed E-state index contributed by atoms with van der Waals surface area (Å²) in [6.45, 7) is 0.684. The summed E-state index contributed by atoms with van der Waals surface area (Å²) in [5, 5.41) is 12.7. The highest BCUT2D eigenvalue weighted by Gasteiger charge is 2.08. The number of thiophene rings is 1. The summed E-state index contributed by atoms with van der Waals surface area (Å²) in [5.41, 5.74) is 2.50. The number of hydrogen-bond acceptors (Lipinski definition) is 3. The molecule has 0 aliphatic heterocycles. The topological polar surface area (TPSA) is 40.5 Å². The number of rotatable bonds is 5. The monoisotopic (exact) mass is 291 g/mol. The first kappa shape index (κ1) is 14.3. The van der Waals surface area contributed by atoms with Crippen molar-refractivity contribution in [3.05, 3.63) is 58.0 Å². The first-order chi connectivity index (χ1) is 9.56. The largest absolute Gasteiger partial charge is 0.478 e. The van der Waals surface area contributed by atoms with E-state index in [1.54, 1.807) is 17.4 Å². The Bertz CT molecular complexity index is 623. The lowest BCUT2D eigenvalue weighted by Crippen LogP contribution is -2.17. The normalized spacial score (nSPS) is 10.9. The van der Waals surface area contributed by atoms with E-state index in [1.165, 1.54) is 18.2 Å². The highest BCUT2D eigenvalue weighted by atomic mass is 32.1. The van der Waals surface area contributed by atoms with E-state index in [2.05, 4.69) is 0 Å². The second-order valence-electron chi connectivity index (χ2n) is 4.36. The van der Waals surface area contributed by atoms with E-state index >= 15 is 0 Å². The molecule has 1 aromatic heterocycles. The number of carboxylic acids is 1. The third kappa shape index (κ3) is 3.68. The lowest BCUT2D eigenvalue weighted by Gasteiger charge is -2.21. The molecule has 0 aliphatic carbocycles. The van der Waals surface area contributed by atoms with Crippen LogP contribution in [0.25, 0.3) is 6.08 Å². The van der Waals surface area contributed by atoms with E-state index in [0.29, 0.717) is 12.1 Å². The average molecular weight is 291 g/mol. The second-order valence-corrected chi connectivity index (χ2v) is 5.14. The van der Waals surface area contributed by atoms with Gasteiger partial charge in [-0.2, -0.15) is 11.3 Å². The molecule has 20 heavy (non-hydrogen) atoms. The quantitative estimate of drug-likeness (QED) is 0.855. The van der Waals surface area contributed by atoms with Gasteiger partial charge in [0.1, 0.15) is 5.82 Å². The number of halogens is 1. The molecule has 0 aliphatic rings. The van der Waals surface area contributed by atoms with Gasteiger partial charge in [0.25, 0.3) is 0 Å². The Kier molecular flexibility index (Phi) is 4.53. The van der Waals surface area contributed by atoms with Crippen molar-refractivity contribution in [3.8, 4) is 0 Å². The zero-order chi connectivity index (χ0) is 14.5. The molecule has 1 heterocycles. The molecule has 1 aromatic carbocycles. The molecule has 0 saturated heterocycles. The number of nitrogens with zero attached hydrogens (tertiary/aromatic N) is 1. The molecule has 0 saturated carbocycles. The third-order valence-electron chi connectivity index (χ3n) is 2.81. The van der Waals surface area contributed by atoms with Crippen molar-refractivity contribution in [2.24, 2.45) is 0 Å². The van der Waals surface area contributed by atoms with Crippen molar-refractivity contribution in [2.75, 3.05) is 11.9 Å². The minimum Gasteiger partial charge on any atom is -0.478 e. The summed E-state index contributed by atoms with van der Waals surface area (Å²) >= 11 is 1.62. The summed E-state index contributed by atoms with van der Waals surface area (Å²) in [7, 11) is 1.89. The summed E-state index contributed by atoms with van der Waals surface area (Å²) in [5.74, 6) is -1.44. The molecular weight excluding hydrogens is 277 g/mol. The van der Waals surface area contributed by atoms with E-state index in [0.717, 1.165) is 17.3 Å². The Morgan fingerprint density at radius 3 is 2.90 bits per heavy atom. The van der Waals surface area contributed by atoms with Gasteiger partial charge in [0.05, 0.1) is 0 Å². The molecule has 1 N–H and O–H groups in total. The zero-order valence-corrected chi connectivity index (χ0v) is 11.7. The van der Waals surface area contributed by atoms with Crippen molar-refractivity contribution >= 4 is 29.1 Å². The highest BCUT2D eigenvalue weighted by Crippen LogP contribution is 2.24. The molecule has 5 heteroatoms. The van der Waals surface area contributed by atoms with E-state index in [-0.39, 0.29) is 5.82 Å². The Balaban J connectivity index is 2.27. The van der Waals surface area contributed by atoms with Crippen LogP contribution < -0.4 is 4.90 Å². The number of carboxylic acid groups (broad SMARTS) is 1. The van der Waals surface area contributed by atoms with Crippen LogP contribution in [0.15, 0.2) is 41.1 Å². The van der Waals surface area contributed by atoms with Gasteiger partial charge < -0.3 is 10.0 Å². The number of hydrogen-bond donors (Lipinski definition) is 1. The van der Waals surface area contributed by atoms with Gasteiger partial charge in [-0.25, -0.2) is 9.18 Å². The fraction of sp³-hybridized carbons (Fsp3) is 0.133. The number of aliphatic carboxylic acids is 1. The fourth-order valence-corrected chi connectivity index (χ4v) is 2.57. The van der Waals surface area contributed by atoms with E-state index in [9.17, 15) is 9.18 Å². The van der Waals surface area contributed by atoms with Crippen LogP contribution in [0.3, 0.4) is 0 Å². The highest BCUT2D eigenvalue weighted by molar-refractivity contribution is 7.07. The third-order valence-corrected chi connectivity index (χ3v) is 3.54. The van der Waals surface area contributed by atoms with Crippen LogP contribution in [0.4, 0.5) is 10.1 Å². The van der Waals surface area contributed by atoms with Gasteiger partial charge in [0, 0.05) is 30.9 Å². The molecule has 2 rings (SSSR count). The summed E-state index contributed by atoms with van der Waals surface area (Å²) in [4.78, 5) is 12.6. The molecule has 0 unspecified atom stereocenters. The maximum Gasteiger partial charge on any atom is 0.328 e. The van der Waals surface area contributed by atoms with Crippen LogP contribution in [0, 0.1) is 5.82 Å². The van der Waals surface area contributed by atoms with Gasteiger partial charge in [0.2, 0.25) is 0 Å². The maximum atomic E-state index is 13.3. The molecule has 0 atom stereocenters. The van der Waals surface area contributed by atoms with Gasteiger partial charge in [0.15, 0.2) is 0 Å². The van der Waals surface area contributed by atoms with E-state index in [1.807, 2.05) is 28.8 Å². The molecule has 104 valence electrons. The molecule has 2 aromatic rings. The molecular formula is C15H14FNO2S. The Morgan fingerprint density at radius 1 is 1.45 bits per heavy atom. The first-order valence-electron chi connectivity index (χ1n) is 5.99. The molecule has 0 radical (unpaired) electrons. The molecule has 3 nitrogen and oxygen atoms in total. The van der Waals surface area contributed by atoms with Gasteiger partial charge in [-0.05, 0) is 46.7 Å². The van der Waals surface area contributed by atoms with Gasteiger partial charge >= 0.3 is 5.97 Å². The maximum absolute atomic E-state index is 13.3. The minimum atomic E-state index is -1.05. The van der Waals surface area contributed by atoms with E-state index in [4.69, 9.17) is 5.11 Å². The summed E-state index contributed by atoms with van der Waals surface area (Å²) < 4.78 is 13.3. The van der Waals surface area contributed by atoms with Crippen molar-refractivity contribution in [1.29, 1.82) is 0 Å². The SMILES string of the molecule is CN(Cc1ccsc1)c1ccc(F)cc1/C=C/C(=O)O. The molecule has 0 amide bonds. The molecule has 0 spiro atoms. The predicted molar refractivity (Wildman–Crippen MR) is 79.5 cm³/mol. The Morgan fingerprint density at radius 2 is 2.25 bits per heavy atom. The minimum absolute atomic E-state index is 0.386. The van der Waals surface area contributed by atoms with Crippen LogP contribution in [0.2, 0.25) is 0 Å². The first-order valence-corrected chi connectivity index (χ1v) is 6.93. The number of benzene rings is 1. The number of carbonyl (C=O) groups is 1. The van der Waals surface area contributed by atoms with Crippen LogP contribution in [0.5, 0.6) is 0 Å². The van der Waals surface area contributed by atoms with Crippen molar-refractivity contribution in [2.45, 2.75) is 6.54 Å². The summed E-state index contributed by atoms with van der Waals surface area (Å²) in [6.07, 6.45) is 2.42. The Hall–Kier alpha value is -2.14. The van der Waals surface area contributed by atoms with Crippen LogP contribution in [-0.4, -0.2) is 18.1 Å². The van der Waals surface area contributed by atoms with E-state index < -0.39 is 5.97 Å². The predicted octanol–water partition coefficient (Wildman–Crippen LogP) is 3.62. The van der Waals surface area contributed by atoms with Gasteiger partial charge in [-0.1, -0.05) is 0 Å². The van der Waals surface area contributed by atoms with Gasteiger partial charge in [-0.3, -0.25) is 0 Å². The van der Waals surface area contributed by atoms with Crippen LogP contribution in [-0.2, 0) is 11.3 Å². The van der Waals surface area contributed by atoms with Crippen LogP contribution in [0.1, 0.15) is 11.1 Å². The molecule has 0 bridgehead atoms. The fourth-order valence-electron chi connectivity index (χ4n) is 1.91. The van der Waals surface area contributed by atoms with Crippen molar-refractivity contribution in [1.82, 2.24) is 0 Å². The lowest BCUT2D eigenvalue weighted by molar-refractivity contribution is -0.131. The summed E-state index contributed by atoms with van der Waals surface area (Å²) in [6, 6.07) is 6.39. The number of anilines is 1. The smallest absolute Gasteiger partial charge is 0.328 e. The van der Waals surface area contributed by atoms with Crippen molar-refractivity contribution < 1.29 is 14.3 Å². The van der Waals surface area contributed by atoms with Crippen LogP contribution >= 0.6 is 11.3 Å². The average Bonchev–Trinajstić information content (AvgIpc) is 2.89. The molecule has 0 fully saturated rings.